The normalized spacial score (nSPS) is 10.4. The highest BCUT2D eigenvalue weighted by Gasteiger charge is 2.09. The number of ether oxygens (including phenoxy) is 1. The Morgan fingerprint density at radius 3 is 2.55 bits per heavy atom. The van der Waals surface area contributed by atoms with Crippen LogP contribution in [0.1, 0.15) is 35.6 Å². The van der Waals surface area contributed by atoms with Crippen molar-refractivity contribution in [2.75, 3.05) is 5.32 Å². The van der Waals surface area contributed by atoms with E-state index < -0.39 is 0 Å². The fraction of sp³-hybridized carbons (Fsp3) is 0.316. The molecular weight excluding hydrogens is 274 g/mol. The summed E-state index contributed by atoms with van der Waals surface area (Å²) in [6.07, 6.45) is 0.464. The van der Waals surface area contributed by atoms with Crippen molar-refractivity contribution in [2.24, 2.45) is 0 Å². The van der Waals surface area contributed by atoms with Gasteiger partial charge in [-0.15, -0.1) is 0 Å². The van der Waals surface area contributed by atoms with Crippen molar-refractivity contribution in [3.05, 3.63) is 58.7 Å². The lowest BCUT2D eigenvalue weighted by atomic mass is 10.1. The summed E-state index contributed by atoms with van der Waals surface area (Å²) in [6.45, 7) is 8.42. The van der Waals surface area contributed by atoms with Gasteiger partial charge in [0.15, 0.2) is 0 Å². The molecule has 0 fully saturated rings. The molecule has 2 aromatic carbocycles. The van der Waals surface area contributed by atoms with Gasteiger partial charge < -0.3 is 10.1 Å². The summed E-state index contributed by atoms with van der Waals surface area (Å²) in [5, 5.41) is 2.94. The highest BCUT2D eigenvalue weighted by Crippen LogP contribution is 2.24. The zero-order chi connectivity index (χ0) is 16.1. The third kappa shape index (κ3) is 3.88. The minimum absolute atomic E-state index is 0.0124. The Hall–Kier alpha value is -2.29. The molecule has 0 atom stereocenters. The van der Waals surface area contributed by atoms with E-state index in [1.54, 1.807) is 0 Å². The van der Waals surface area contributed by atoms with Crippen molar-refractivity contribution < 1.29 is 9.53 Å². The summed E-state index contributed by atoms with van der Waals surface area (Å²) in [4.78, 5) is 11.7. The number of hydrogen-bond donors (Lipinski definition) is 1. The number of benzene rings is 2. The van der Waals surface area contributed by atoms with Gasteiger partial charge in [-0.1, -0.05) is 36.8 Å². The number of nitrogens with one attached hydrogen (secondary N) is 1. The van der Waals surface area contributed by atoms with Gasteiger partial charge in [0.05, 0.1) is 0 Å². The van der Waals surface area contributed by atoms with E-state index in [0.717, 1.165) is 28.1 Å². The Bertz CT molecular complexity index is 677. The summed E-state index contributed by atoms with van der Waals surface area (Å²) in [6, 6.07) is 12.0. The molecule has 0 aliphatic rings. The molecule has 1 amide bonds. The maximum atomic E-state index is 11.7. The standard InChI is InChI=1S/C19H23NO2/c1-5-19(21)20-17-8-6-7-14(3)16(17)12-22-18-10-9-13(2)11-15(18)4/h6-11H,5,12H2,1-4H3,(H,20,21). The summed E-state index contributed by atoms with van der Waals surface area (Å²) in [5.41, 5.74) is 5.30. The molecule has 2 rings (SSSR count). The first kappa shape index (κ1) is 16.1. The maximum absolute atomic E-state index is 11.7. The molecule has 2 aromatic rings. The van der Waals surface area contributed by atoms with Crippen LogP contribution in [-0.4, -0.2) is 5.91 Å². The largest absolute Gasteiger partial charge is 0.489 e. The molecule has 0 spiro atoms. The Morgan fingerprint density at radius 1 is 1.09 bits per heavy atom. The number of carbonyl (C=O) groups is 1. The summed E-state index contributed by atoms with van der Waals surface area (Å²) in [5.74, 6) is 0.889. The third-order valence-corrected chi connectivity index (χ3v) is 3.71. The molecule has 3 nitrogen and oxygen atoms in total. The molecule has 0 saturated heterocycles. The van der Waals surface area contributed by atoms with Gasteiger partial charge in [-0.25, -0.2) is 0 Å². The topological polar surface area (TPSA) is 38.3 Å². The second kappa shape index (κ2) is 7.12. The van der Waals surface area contributed by atoms with E-state index in [1.165, 1.54) is 5.56 Å². The van der Waals surface area contributed by atoms with Crippen molar-refractivity contribution in [3.63, 3.8) is 0 Å². The van der Waals surface area contributed by atoms with E-state index >= 15 is 0 Å². The average molecular weight is 297 g/mol. The van der Waals surface area contributed by atoms with Crippen LogP contribution >= 0.6 is 0 Å². The molecule has 0 saturated carbocycles. The Labute approximate surface area is 132 Å². The van der Waals surface area contributed by atoms with Crippen LogP contribution in [0.3, 0.4) is 0 Å². The Kier molecular flexibility index (Phi) is 5.21. The highest BCUT2D eigenvalue weighted by atomic mass is 16.5. The van der Waals surface area contributed by atoms with E-state index in [-0.39, 0.29) is 5.91 Å². The smallest absolute Gasteiger partial charge is 0.224 e. The number of amides is 1. The van der Waals surface area contributed by atoms with Crippen molar-refractivity contribution in [3.8, 4) is 5.75 Å². The molecule has 0 aliphatic carbocycles. The molecular formula is C19H23NO2. The molecule has 0 radical (unpaired) electrons. The molecule has 116 valence electrons. The van der Waals surface area contributed by atoms with Gasteiger partial charge in [0, 0.05) is 17.7 Å². The van der Waals surface area contributed by atoms with Crippen LogP contribution < -0.4 is 10.1 Å². The van der Waals surface area contributed by atoms with Gasteiger partial charge >= 0.3 is 0 Å². The van der Waals surface area contributed by atoms with Crippen LogP contribution in [0.25, 0.3) is 0 Å². The first-order chi connectivity index (χ1) is 10.5. The molecule has 0 aromatic heterocycles. The van der Waals surface area contributed by atoms with Crippen LogP contribution in [0.5, 0.6) is 5.75 Å². The van der Waals surface area contributed by atoms with E-state index in [0.29, 0.717) is 13.0 Å². The van der Waals surface area contributed by atoms with Gasteiger partial charge in [0.25, 0.3) is 0 Å². The zero-order valence-corrected chi connectivity index (χ0v) is 13.7. The lowest BCUT2D eigenvalue weighted by Crippen LogP contribution is -2.13. The van der Waals surface area contributed by atoms with Crippen molar-refractivity contribution in [2.45, 2.75) is 40.7 Å². The molecule has 0 heterocycles. The predicted octanol–water partition coefficient (Wildman–Crippen LogP) is 4.54. The number of carbonyl (C=O) groups excluding carboxylic acids is 1. The number of hydrogen-bond acceptors (Lipinski definition) is 2. The Balaban J connectivity index is 2.19. The SMILES string of the molecule is CCC(=O)Nc1cccc(C)c1COc1ccc(C)cc1C. The van der Waals surface area contributed by atoms with Gasteiger partial charge in [-0.3, -0.25) is 4.79 Å². The van der Waals surface area contributed by atoms with E-state index in [1.807, 2.05) is 51.1 Å². The third-order valence-electron chi connectivity index (χ3n) is 3.71. The molecule has 1 N–H and O–H groups in total. The van der Waals surface area contributed by atoms with E-state index in [9.17, 15) is 4.79 Å². The molecule has 0 bridgehead atoms. The van der Waals surface area contributed by atoms with Gasteiger partial charge in [0.1, 0.15) is 12.4 Å². The maximum Gasteiger partial charge on any atom is 0.224 e. The van der Waals surface area contributed by atoms with Crippen molar-refractivity contribution >= 4 is 11.6 Å². The highest BCUT2D eigenvalue weighted by molar-refractivity contribution is 5.91. The number of rotatable bonds is 5. The quantitative estimate of drug-likeness (QED) is 0.880. The second-order valence-corrected chi connectivity index (χ2v) is 5.56. The van der Waals surface area contributed by atoms with Crippen molar-refractivity contribution in [1.82, 2.24) is 0 Å². The van der Waals surface area contributed by atoms with Crippen molar-refractivity contribution in [1.29, 1.82) is 0 Å². The van der Waals surface area contributed by atoms with Gasteiger partial charge in [-0.2, -0.15) is 0 Å². The summed E-state index contributed by atoms with van der Waals surface area (Å²) < 4.78 is 5.96. The van der Waals surface area contributed by atoms with Crippen LogP contribution in [0, 0.1) is 20.8 Å². The first-order valence-electron chi connectivity index (χ1n) is 7.59. The van der Waals surface area contributed by atoms with Gasteiger partial charge in [-0.05, 0) is 44.0 Å². The predicted molar refractivity (Wildman–Crippen MR) is 90.3 cm³/mol. The van der Waals surface area contributed by atoms with Crippen LogP contribution in [0.15, 0.2) is 36.4 Å². The molecule has 3 heteroatoms. The minimum atomic E-state index is 0.0124. The molecule has 0 aliphatic heterocycles. The van der Waals surface area contributed by atoms with Gasteiger partial charge in [0.2, 0.25) is 5.91 Å². The first-order valence-corrected chi connectivity index (χ1v) is 7.59. The second-order valence-electron chi connectivity index (χ2n) is 5.56. The van der Waals surface area contributed by atoms with Crippen LogP contribution in [-0.2, 0) is 11.4 Å². The lowest BCUT2D eigenvalue weighted by Gasteiger charge is -2.15. The minimum Gasteiger partial charge on any atom is -0.489 e. The molecule has 0 unspecified atom stereocenters. The number of aryl methyl sites for hydroxylation is 3. The average Bonchev–Trinajstić information content (AvgIpc) is 2.48. The van der Waals surface area contributed by atoms with Crippen LogP contribution in [0.4, 0.5) is 5.69 Å². The summed E-state index contributed by atoms with van der Waals surface area (Å²) >= 11 is 0. The lowest BCUT2D eigenvalue weighted by molar-refractivity contribution is -0.115. The summed E-state index contributed by atoms with van der Waals surface area (Å²) in [7, 11) is 0. The van der Waals surface area contributed by atoms with E-state index in [2.05, 4.69) is 18.3 Å². The zero-order valence-electron chi connectivity index (χ0n) is 13.7. The van der Waals surface area contributed by atoms with E-state index in [4.69, 9.17) is 4.74 Å². The fourth-order valence-corrected chi connectivity index (χ4v) is 2.36. The molecule has 22 heavy (non-hydrogen) atoms. The fourth-order valence-electron chi connectivity index (χ4n) is 2.36. The van der Waals surface area contributed by atoms with Crippen LogP contribution in [0.2, 0.25) is 0 Å². The number of anilines is 1. The Morgan fingerprint density at radius 2 is 1.86 bits per heavy atom. The monoisotopic (exact) mass is 297 g/mol.